The Kier molecular flexibility index (Phi) is 3.86. The van der Waals surface area contributed by atoms with E-state index in [1.807, 2.05) is 0 Å². The maximum Gasteiger partial charge on any atom is 0.416 e. The van der Waals surface area contributed by atoms with E-state index >= 15 is 0 Å². The maximum absolute atomic E-state index is 12.7. The number of hydrogen-bond acceptors (Lipinski definition) is 6. The summed E-state index contributed by atoms with van der Waals surface area (Å²) in [7, 11) is 0. The largest absolute Gasteiger partial charge is 0.416 e. The third-order valence-electron chi connectivity index (χ3n) is 3.52. The van der Waals surface area contributed by atoms with Gasteiger partial charge in [0, 0.05) is 0 Å². The number of halogens is 3. The fourth-order valence-electron chi connectivity index (χ4n) is 2.35. The minimum atomic E-state index is -4.46. The van der Waals surface area contributed by atoms with Gasteiger partial charge in [-0.15, -0.1) is 11.3 Å². The summed E-state index contributed by atoms with van der Waals surface area (Å²) in [5.74, 6) is 0. The number of aromatic nitrogens is 1. The van der Waals surface area contributed by atoms with Gasteiger partial charge in [-0.2, -0.15) is 13.2 Å². The maximum atomic E-state index is 12.7. The van der Waals surface area contributed by atoms with Gasteiger partial charge in [0.1, 0.15) is 29.4 Å². The molecule has 22 heavy (non-hydrogen) atoms. The van der Waals surface area contributed by atoms with E-state index in [0.717, 1.165) is 23.5 Å². The summed E-state index contributed by atoms with van der Waals surface area (Å²) >= 11 is 1.08. The molecule has 0 unspecified atom stereocenters. The molecule has 0 spiro atoms. The quantitative estimate of drug-likeness (QED) is 0.774. The van der Waals surface area contributed by atoms with Gasteiger partial charge in [0.05, 0.1) is 22.4 Å². The number of aliphatic hydroxyl groups excluding tert-OH is 3. The molecule has 1 fully saturated rings. The van der Waals surface area contributed by atoms with Crippen LogP contribution in [0.5, 0.6) is 0 Å². The number of nitrogens with zero attached hydrogens (tertiary/aromatic N) is 1. The van der Waals surface area contributed by atoms with E-state index in [4.69, 9.17) is 9.84 Å². The number of thiazole rings is 1. The first kappa shape index (κ1) is 15.6. The van der Waals surface area contributed by atoms with Gasteiger partial charge in [-0.1, -0.05) is 0 Å². The van der Waals surface area contributed by atoms with E-state index in [9.17, 15) is 23.4 Å². The number of rotatable bonds is 2. The Labute approximate surface area is 126 Å². The molecule has 0 saturated carbocycles. The van der Waals surface area contributed by atoms with Crippen LogP contribution in [0.1, 0.15) is 16.7 Å². The molecule has 3 rings (SSSR count). The lowest BCUT2D eigenvalue weighted by Gasteiger charge is -2.11. The van der Waals surface area contributed by atoms with Crippen LogP contribution in [0.25, 0.3) is 10.2 Å². The molecule has 1 aromatic carbocycles. The molecule has 2 heterocycles. The Morgan fingerprint density at radius 3 is 2.55 bits per heavy atom. The van der Waals surface area contributed by atoms with E-state index in [-0.39, 0.29) is 10.5 Å². The van der Waals surface area contributed by atoms with Crippen LogP contribution in [-0.2, 0) is 10.9 Å². The second-order valence-electron chi connectivity index (χ2n) is 4.99. The van der Waals surface area contributed by atoms with Crippen LogP contribution in [0.2, 0.25) is 0 Å². The number of hydrogen-bond donors (Lipinski definition) is 3. The van der Waals surface area contributed by atoms with Crippen molar-refractivity contribution in [2.75, 3.05) is 6.61 Å². The van der Waals surface area contributed by atoms with Crippen molar-refractivity contribution in [1.29, 1.82) is 0 Å². The van der Waals surface area contributed by atoms with E-state index in [0.29, 0.717) is 4.70 Å². The van der Waals surface area contributed by atoms with Gasteiger partial charge in [0.15, 0.2) is 0 Å². The monoisotopic (exact) mass is 335 g/mol. The summed E-state index contributed by atoms with van der Waals surface area (Å²) in [6, 6.07) is 3.19. The van der Waals surface area contributed by atoms with Crippen LogP contribution < -0.4 is 0 Å². The topological polar surface area (TPSA) is 82.8 Å². The second kappa shape index (κ2) is 5.43. The molecule has 0 amide bonds. The first-order chi connectivity index (χ1) is 10.3. The molecule has 4 atom stereocenters. The van der Waals surface area contributed by atoms with Crippen molar-refractivity contribution in [1.82, 2.24) is 4.98 Å². The van der Waals surface area contributed by atoms with Crippen molar-refractivity contribution in [3.8, 4) is 0 Å². The predicted molar refractivity (Wildman–Crippen MR) is 71.3 cm³/mol. The second-order valence-corrected chi connectivity index (χ2v) is 6.05. The lowest BCUT2D eigenvalue weighted by Crippen LogP contribution is -2.32. The molecule has 0 radical (unpaired) electrons. The van der Waals surface area contributed by atoms with Gasteiger partial charge in [-0.05, 0) is 18.2 Å². The van der Waals surface area contributed by atoms with Gasteiger partial charge < -0.3 is 20.1 Å². The van der Waals surface area contributed by atoms with Crippen LogP contribution in [0.15, 0.2) is 18.2 Å². The molecule has 3 N–H and O–H groups in total. The summed E-state index contributed by atoms with van der Waals surface area (Å²) in [4.78, 5) is 4.06. The molecule has 1 aliphatic heterocycles. The molecule has 0 aliphatic carbocycles. The summed E-state index contributed by atoms with van der Waals surface area (Å²) < 4.78 is 43.9. The van der Waals surface area contributed by atoms with E-state index in [2.05, 4.69) is 4.98 Å². The average Bonchev–Trinajstić information content (AvgIpc) is 2.99. The third-order valence-corrected chi connectivity index (χ3v) is 4.62. The minimum Gasteiger partial charge on any atom is -0.394 e. The fourth-order valence-corrected chi connectivity index (χ4v) is 3.37. The highest BCUT2D eigenvalue weighted by Gasteiger charge is 2.44. The first-order valence-corrected chi connectivity index (χ1v) is 7.23. The number of benzene rings is 1. The SMILES string of the molecule is OC[C@H]1O[C@@H](c2nc3cc(C(F)(F)F)ccc3s2)[C@H](O)[C@@H]1O. The van der Waals surface area contributed by atoms with Crippen LogP contribution in [0.3, 0.4) is 0 Å². The lowest BCUT2D eigenvalue weighted by molar-refractivity contribution is -0.137. The Balaban J connectivity index is 1.96. The zero-order valence-electron chi connectivity index (χ0n) is 11.0. The van der Waals surface area contributed by atoms with Gasteiger partial charge in [-0.3, -0.25) is 0 Å². The molecular weight excluding hydrogens is 323 g/mol. The van der Waals surface area contributed by atoms with E-state index < -0.39 is 42.8 Å². The Hall–Kier alpha value is -1.26. The smallest absolute Gasteiger partial charge is 0.394 e. The van der Waals surface area contributed by atoms with Crippen LogP contribution in [0.4, 0.5) is 13.2 Å². The van der Waals surface area contributed by atoms with E-state index in [1.165, 1.54) is 6.07 Å². The molecule has 120 valence electrons. The summed E-state index contributed by atoms with van der Waals surface area (Å²) in [6.45, 7) is -0.474. The average molecular weight is 335 g/mol. The third kappa shape index (κ3) is 2.59. The number of ether oxygens (including phenoxy) is 1. The van der Waals surface area contributed by atoms with Gasteiger partial charge in [0.2, 0.25) is 0 Å². The predicted octanol–water partition coefficient (Wildman–Crippen LogP) is 1.47. The Morgan fingerprint density at radius 2 is 1.95 bits per heavy atom. The number of aliphatic hydroxyl groups is 3. The zero-order chi connectivity index (χ0) is 16.1. The highest BCUT2D eigenvalue weighted by molar-refractivity contribution is 7.18. The molecule has 1 aliphatic rings. The zero-order valence-corrected chi connectivity index (χ0v) is 11.8. The first-order valence-electron chi connectivity index (χ1n) is 6.41. The van der Waals surface area contributed by atoms with Gasteiger partial charge in [-0.25, -0.2) is 4.98 Å². The number of fused-ring (bicyclic) bond motifs is 1. The van der Waals surface area contributed by atoms with Gasteiger partial charge >= 0.3 is 6.18 Å². The standard InChI is InChI=1S/C13H12F3NO4S/c14-13(15,16)5-1-2-8-6(3-5)17-12(22-8)11-10(20)9(19)7(4-18)21-11/h1-3,7,9-11,18-20H,4H2/t7-,9-,10-,11-/m1/s1. The highest BCUT2D eigenvalue weighted by atomic mass is 32.1. The summed E-state index contributed by atoms with van der Waals surface area (Å²) in [5, 5.41) is 28.9. The minimum absolute atomic E-state index is 0.146. The molecule has 0 bridgehead atoms. The highest BCUT2D eigenvalue weighted by Crippen LogP contribution is 2.39. The lowest BCUT2D eigenvalue weighted by atomic mass is 10.1. The molecule has 1 saturated heterocycles. The van der Waals surface area contributed by atoms with Gasteiger partial charge in [0.25, 0.3) is 0 Å². The fraction of sp³-hybridized carbons (Fsp3) is 0.462. The molecular formula is C13H12F3NO4S. The Bertz CT molecular complexity index is 689. The van der Waals surface area contributed by atoms with E-state index in [1.54, 1.807) is 0 Å². The van der Waals surface area contributed by atoms with Crippen molar-refractivity contribution in [2.24, 2.45) is 0 Å². The van der Waals surface area contributed by atoms with Crippen molar-refractivity contribution in [2.45, 2.75) is 30.6 Å². The summed E-state index contributed by atoms with van der Waals surface area (Å²) in [6.07, 6.45) is -8.94. The van der Waals surface area contributed by atoms with Crippen molar-refractivity contribution in [3.05, 3.63) is 28.8 Å². The molecule has 1 aromatic heterocycles. The van der Waals surface area contributed by atoms with Crippen molar-refractivity contribution < 1.29 is 33.2 Å². The number of alkyl halides is 3. The van der Waals surface area contributed by atoms with Crippen LogP contribution >= 0.6 is 11.3 Å². The van der Waals surface area contributed by atoms with Crippen LogP contribution in [0, 0.1) is 0 Å². The van der Waals surface area contributed by atoms with Crippen molar-refractivity contribution in [3.63, 3.8) is 0 Å². The summed E-state index contributed by atoms with van der Waals surface area (Å²) in [5.41, 5.74) is -0.662. The normalized spacial score (nSPS) is 29.4. The molecule has 2 aromatic rings. The molecule has 5 nitrogen and oxygen atoms in total. The Morgan fingerprint density at radius 1 is 1.23 bits per heavy atom. The van der Waals surface area contributed by atoms with Crippen molar-refractivity contribution >= 4 is 21.6 Å². The van der Waals surface area contributed by atoms with Crippen LogP contribution in [-0.4, -0.2) is 45.2 Å². The molecule has 9 heteroatoms.